The van der Waals surface area contributed by atoms with Crippen LogP contribution in [-0.4, -0.2) is 50.0 Å². The summed E-state index contributed by atoms with van der Waals surface area (Å²) in [5.41, 5.74) is 1.75. The molecule has 3 rings (SSSR count). The summed E-state index contributed by atoms with van der Waals surface area (Å²) in [6.45, 7) is 1.02. The molecule has 7 heteroatoms. The lowest BCUT2D eigenvalue weighted by Gasteiger charge is -2.34. The Balaban J connectivity index is 1.72. The van der Waals surface area contributed by atoms with E-state index in [1.54, 1.807) is 18.0 Å². The minimum Gasteiger partial charge on any atom is -0.477 e. The number of para-hydroxylation sites is 2. The van der Waals surface area contributed by atoms with Crippen LogP contribution in [0.1, 0.15) is 5.56 Å². The number of carbonyl (C=O) groups excluding carboxylic acids is 2. The van der Waals surface area contributed by atoms with Gasteiger partial charge < -0.3 is 15.0 Å². The lowest BCUT2D eigenvalue weighted by atomic mass is 10.1. The molecule has 2 aromatic rings. The van der Waals surface area contributed by atoms with Gasteiger partial charge in [0.1, 0.15) is 5.75 Å². The van der Waals surface area contributed by atoms with E-state index in [4.69, 9.17) is 16.3 Å². The van der Waals surface area contributed by atoms with Gasteiger partial charge in [0, 0.05) is 18.6 Å². The van der Waals surface area contributed by atoms with Crippen LogP contribution in [0.2, 0.25) is 5.02 Å². The Bertz CT molecular complexity index is 825. The molecular formula is C20H22ClN3O3. The quantitative estimate of drug-likeness (QED) is 0.855. The summed E-state index contributed by atoms with van der Waals surface area (Å²) in [4.78, 5) is 28.5. The summed E-state index contributed by atoms with van der Waals surface area (Å²) in [5.74, 6) is 0.194. The predicted molar refractivity (Wildman–Crippen MR) is 105 cm³/mol. The van der Waals surface area contributed by atoms with Crippen molar-refractivity contribution < 1.29 is 14.3 Å². The molecule has 0 aliphatic carbocycles. The first-order valence-electron chi connectivity index (χ1n) is 8.68. The van der Waals surface area contributed by atoms with Crippen LogP contribution < -0.4 is 15.0 Å². The summed E-state index contributed by atoms with van der Waals surface area (Å²) in [6.07, 6.45) is -0.726. The number of benzene rings is 2. The van der Waals surface area contributed by atoms with Crippen LogP contribution in [0.4, 0.5) is 5.69 Å². The zero-order valence-corrected chi connectivity index (χ0v) is 16.1. The Kier molecular flexibility index (Phi) is 5.98. The molecule has 1 aliphatic heterocycles. The number of carbonyl (C=O) groups is 2. The van der Waals surface area contributed by atoms with Crippen LogP contribution in [0.5, 0.6) is 5.75 Å². The zero-order chi connectivity index (χ0) is 19.4. The Morgan fingerprint density at radius 1 is 1.22 bits per heavy atom. The monoisotopic (exact) mass is 387 g/mol. The van der Waals surface area contributed by atoms with Crippen molar-refractivity contribution in [2.45, 2.75) is 12.6 Å². The molecule has 0 radical (unpaired) electrons. The highest BCUT2D eigenvalue weighted by molar-refractivity contribution is 6.30. The summed E-state index contributed by atoms with van der Waals surface area (Å²) in [5, 5.41) is 3.26. The molecular weight excluding hydrogens is 366 g/mol. The number of likely N-dealkylation sites (N-methyl/N-ethyl adjacent to an activating group) is 2. The standard InChI is InChI=1S/C20H22ClN3O3/c1-22-20(26)18-12-24(16-5-3-4-6-17(16)27-18)19(25)13-23(2)11-14-7-9-15(21)10-8-14/h3-10,18H,11-13H2,1-2H3,(H,22,26)/t18-/m0/s1. The van der Waals surface area contributed by atoms with E-state index >= 15 is 0 Å². The van der Waals surface area contributed by atoms with Gasteiger partial charge in [0.15, 0.2) is 6.10 Å². The molecule has 142 valence electrons. The van der Waals surface area contributed by atoms with Crippen LogP contribution in [0, 0.1) is 0 Å². The third kappa shape index (κ3) is 4.59. The van der Waals surface area contributed by atoms with Gasteiger partial charge in [-0.3, -0.25) is 14.5 Å². The van der Waals surface area contributed by atoms with E-state index < -0.39 is 6.10 Å². The molecule has 0 saturated heterocycles. The van der Waals surface area contributed by atoms with E-state index in [0.29, 0.717) is 23.0 Å². The number of anilines is 1. The number of rotatable bonds is 5. The molecule has 0 spiro atoms. The topological polar surface area (TPSA) is 61.9 Å². The molecule has 1 aliphatic rings. The van der Waals surface area contributed by atoms with Gasteiger partial charge in [0.05, 0.1) is 18.8 Å². The fraction of sp³-hybridized carbons (Fsp3) is 0.300. The Hall–Kier alpha value is -2.57. The summed E-state index contributed by atoms with van der Waals surface area (Å²) >= 11 is 5.91. The van der Waals surface area contributed by atoms with Gasteiger partial charge in [-0.1, -0.05) is 35.9 Å². The van der Waals surface area contributed by atoms with Gasteiger partial charge in [-0.2, -0.15) is 0 Å². The molecule has 27 heavy (non-hydrogen) atoms. The first-order valence-corrected chi connectivity index (χ1v) is 9.06. The van der Waals surface area contributed by atoms with Crippen molar-refractivity contribution in [2.24, 2.45) is 0 Å². The number of nitrogens with one attached hydrogen (secondary N) is 1. The van der Waals surface area contributed by atoms with Crippen LogP contribution in [-0.2, 0) is 16.1 Å². The van der Waals surface area contributed by atoms with Gasteiger partial charge >= 0.3 is 0 Å². The van der Waals surface area contributed by atoms with Crippen LogP contribution in [0.3, 0.4) is 0 Å². The Labute approximate surface area is 163 Å². The first kappa shape index (κ1) is 19.2. The van der Waals surface area contributed by atoms with Gasteiger partial charge in [0.2, 0.25) is 5.91 Å². The van der Waals surface area contributed by atoms with E-state index in [0.717, 1.165) is 5.56 Å². The minimum atomic E-state index is -0.726. The van der Waals surface area contributed by atoms with E-state index in [9.17, 15) is 9.59 Å². The second-order valence-electron chi connectivity index (χ2n) is 6.49. The highest BCUT2D eigenvalue weighted by Crippen LogP contribution is 2.33. The Morgan fingerprint density at radius 3 is 2.63 bits per heavy atom. The second kappa shape index (κ2) is 8.41. The lowest BCUT2D eigenvalue weighted by molar-refractivity contribution is -0.128. The smallest absolute Gasteiger partial charge is 0.262 e. The van der Waals surface area contributed by atoms with E-state index in [1.165, 1.54) is 0 Å². The zero-order valence-electron chi connectivity index (χ0n) is 15.3. The van der Waals surface area contributed by atoms with Crippen molar-refractivity contribution in [2.75, 3.05) is 32.1 Å². The third-order valence-electron chi connectivity index (χ3n) is 4.38. The normalized spacial score (nSPS) is 15.9. The first-order chi connectivity index (χ1) is 13.0. The van der Waals surface area contributed by atoms with E-state index in [-0.39, 0.29) is 24.9 Å². The average Bonchev–Trinajstić information content (AvgIpc) is 2.68. The molecule has 2 amide bonds. The molecule has 0 saturated carbocycles. The average molecular weight is 388 g/mol. The van der Waals surface area contributed by atoms with Crippen LogP contribution >= 0.6 is 11.6 Å². The lowest BCUT2D eigenvalue weighted by Crippen LogP contribution is -2.51. The van der Waals surface area contributed by atoms with Crippen molar-refractivity contribution in [3.8, 4) is 5.75 Å². The molecule has 0 unspecified atom stereocenters. The highest BCUT2D eigenvalue weighted by Gasteiger charge is 2.33. The molecule has 2 aromatic carbocycles. The van der Waals surface area contributed by atoms with E-state index in [2.05, 4.69) is 5.32 Å². The summed E-state index contributed by atoms with van der Waals surface area (Å²) in [7, 11) is 3.44. The van der Waals surface area contributed by atoms with Crippen LogP contribution in [0.25, 0.3) is 0 Å². The van der Waals surface area contributed by atoms with Crippen molar-refractivity contribution in [1.29, 1.82) is 0 Å². The van der Waals surface area contributed by atoms with Crippen molar-refractivity contribution >= 4 is 29.1 Å². The van der Waals surface area contributed by atoms with E-state index in [1.807, 2.05) is 54.4 Å². The maximum Gasteiger partial charge on any atom is 0.262 e. The number of halogens is 1. The number of ether oxygens (including phenoxy) is 1. The third-order valence-corrected chi connectivity index (χ3v) is 4.64. The van der Waals surface area contributed by atoms with Crippen molar-refractivity contribution in [3.63, 3.8) is 0 Å². The number of nitrogens with zero attached hydrogens (tertiary/aromatic N) is 2. The molecule has 1 atom stereocenters. The summed E-state index contributed by atoms with van der Waals surface area (Å²) in [6, 6.07) is 14.8. The van der Waals surface area contributed by atoms with Gasteiger partial charge in [0.25, 0.3) is 5.91 Å². The molecule has 1 heterocycles. The largest absolute Gasteiger partial charge is 0.477 e. The number of amides is 2. The fourth-order valence-electron chi connectivity index (χ4n) is 3.04. The minimum absolute atomic E-state index is 0.0869. The summed E-state index contributed by atoms with van der Waals surface area (Å²) < 4.78 is 5.74. The van der Waals surface area contributed by atoms with Crippen molar-refractivity contribution in [1.82, 2.24) is 10.2 Å². The van der Waals surface area contributed by atoms with Gasteiger partial charge in [-0.05, 0) is 36.9 Å². The maximum atomic E-state index is 12.9. The molecule has 0 fully saturated rings. The maximum absolute atomic E-state index is 12.9. The highest BCUT2D eigenvalue weighted by atomic mass is 35.5. The molecule has 1 N–H and O–H groups in total. The Morgan fingerprint density at radius 2 is 1.93 bits per heavy atom. The fourth-order valence-corrected chi connectivity index (χ4v) is 3.17. The van der Waals surface area contributed by atoms with Crippen molar-refractivity contribution in [3.05, 3.63) is 59.1 Å². The molecule has 0 aromatic heterocycles. The molecule has 0 bridgehead atoms. The number of fused-ring (bicyclic) bond motifs is 1. The number of hydrogen-bond donors (Lipinski definition) is 1. The van der Waals surface area contributed by atoms with Gasteiger partial charge in [-0.25, -0.2) is 0 Å². The SMILES string of the molecule is CNC(=O)[C@@H]1CN(C(=O)CN(C)Cc2ccc(Cl)cc2)c2ccccc2O1. The molecule has 6 nitrogen and oxygen atoms in total. The second-order valence-corrected chi connectivity index (χ2v) is 6.93. The van der Waals surface area contributed by atoms with Crippen LogP contribution in [0.15, 0.2) is 48.5 Å². The predicted octanol–water partition coefficient (Wildman–Crippen LogP) is 2.31. The number of hydrogen-bond acceptors (Lipinski definition) is 4. The van der Waals surface area contributed by atoms with Gasteiger partial charge in [-0.15, -0.1) is 0 Å².